The van der Waals surface area contributed by atoms with E-state index in [1.807, 2.05) is 25.1 Å². The largest absolute Gasteiger partial charge is 0.264 e. The van der Waals surface area contributed by atoms with E-state index < -0.39 is 12.0 Å². The van der Waals surface area contributed by atoms with E-state index in [0.29, 0.717) is 23.0 Å². The number of aliphatic imine (C=N–C) groups is 1. The van der Waals surface area contributed by atoms with Crippen molar-refractivity contribution in [1.29, 1.82) is 0 Å². The molecule has 0 saturated heterocycles. The van der Waals surface area contributed by atoms with Crippen molar-refractivity contribution in [3.8, 4) is 0 Å². The highest BCUT2D eigenvalue weighted by Gasteiger charge is 2.43. The number of fused-ring (bicyclic) bond motifs is 1. The molecule has 1 aliphatic heterocycles. The van der Waals surface area contributed by atoms with Gasteiger partial charge in [0.15, 0.2) is 5.82 Å². The van der Waals surface area contributed by atoms with Gasteiger partial charge in [0.2, 0.25) is 0 Å². The predicted octanol–water partition coefficient (Wildman–Crippen LogP) is 3.73. The summed E-state index contributed by atoms with van der Waals surface area (Å²) >= 11 is 6.29. The van der Waals surface area contributed by atoms with Gasteiger partial charge in [0.25, 0.3) is 6.04 Å². The third-order valence-electron chi connectivity index (χ3n) is 3.87. The van der Waals surface area contributed by atoms with Crippen LogP contribution in [-0.2, 0) is 0 Å². The average Bonchev–Trinajstić information content (AvgIpc) is 2.94. The Hall–Kier alpha value is -2.21. The van der Waals surface area contributed by atoms with Gasteiger partial charge in [0, 0.05) is 15.5 Å². The summed E-state index contributed by atoms with van der Waals surface area (Å²) in [7, 11) is 0. The molecule has 1 aromatic carbocycles. The number of aromatic nitrogens is 2. The molecule has 0 spiro atoms. The molecule has 2 atom stereocenters. The first-order chi connectivity index (χ1) is 10.6. The van der Waals surface area contributed by atoms with E-state index in [2.05, 4.69) is 15.2 Å². The Balaban J connectivity index is 2.19. The molecule has 0 saturated carbocycles. The van der Waals surface area contributed by atoms with Gasteiger partial charge in [-0.15, -0.1) is 0 Å². The summed E-state index contributed by atoms with van der Waals surface area (Å²) in [5.74, 6) is 0.114. The van der Waals surface area contributed by atoms with Crippen molar-refractivity contribution in [3.63, 3.8) is 0 Å². The van der Waals surface area contributed by atoms with Crippen LogP contribution in [0.1, 0.15) is 36.8 Å². The Morgan fingerprint density at radius 1 is 1.36 bits per heavy atom. The molecular formula is C15H15ClN4O2. The molecule has 1 aromatic heterocycles. The molecule has 0 bridgehead atoms. The number of halogens is 1. The van der Waals surface area contributed by atoms with Gasteiger partial charge in [0.05, 0.1) is 17.8 Å². The molecule has 1 N–H and O–H groups in total. The van der Waals surface area contributed by atoms with E-state index in [4.69, 9.17) is 11.6 Å². The molecule has 0 radical (unpaired) electrons. The Labute approximate surface area is 132 Å². The number of nitrogens with one attached hydrogen (secondary N) is 1. The Morgan fingerprint density at radius 2 is 2.14 bits per heavy atom. The van der Waals surface area contributed by atoms with Crippen molar-refractivity contribution in [2.45, 2.75) is 31.7 Å². The number of hydrogen-bond donors (Lipinski definition) is 1. The van der Waals surface area contributed by atoms with Crippen molar-refractivity contribution in [3.05, 3.63) is 56.7 Å². The van der Waals surface area contributed by atoms with Crippen molar-refractivity contribution in [2.24, 2.45) is 4.99 Å². The third-order valence-corrected chi connectivity index (χ3v) is 4.21. The van der Waals surface area contributed by atoms with E-state index in [0.717, 1.165) is 17.5 Å². The first kappa shape index (κ1) is 14.7. The van der Waals surface area contributed by atoms with Crippen LogP contribution >= 0.6 is 11.6 Å². The highest BCUT2D eigenvalue weighted by molar-refractivity contribution is 6.31. The number of nitro groups is 1. The van der Waals surface area contributed by atoms with Gasteiger partial charge in [-0.25, -0.2) is 4.99 Å². The maximum Gasteiger partial charge on any atom is 0.261 e. The van der Waals surface area contributed by atoms with Gasteiger partial charge < -0.3 is 0 Å². The molecule has 3 rings (SSSR count). The SMILES string of the molecule is CCCC1=Nc2[nH]ncc2C(c2ccccc2Cl)C1[N+](=O)[O-]. The fourth-order valence-electron chi connectivity index (χ4n) is 2.95. The lowest BCUT2D eigenvalue weighted by molar-refractivity contribution is -0.505. The van der Waals surface area contributed by atoms with E-state index in [9.17, 15) is 10.1 Å². The van der Waals surface area contributed by atoms with Crippen LogP contribution in [0, 0.1) is 10.1 Å². The summed E-state index contributed by atoms with van der Waals surface area (Å²) in [5.41, 5.74) is 2.01. The fraction of sp³-hybridized carbons (Fsp3) is 0.333. The smallest absolute Gasteiger partial charge is 0.261 e. The third kappa shape index (κ3) is 2.39. The maximum absolute atomic E-state index is 11.7. The van der Waals surface area contributed by atoms with Crippen molar-refractivity contribution in [1.82, 2.24) is 10.2 Å². The second kappa shape index (κ2) is 5.88. The normalized spacial score (nSPS) is 20.4. The molecule has 1 aliphatic rings. The lowest BCUT2D eigenvalue weighted by atomic mass is 9.81. The Kier molecular flexibility index (Phi) is 3.94. The average molecular weight is 319 g/mol. The summed E-state index contributed by atoms with van der Waals surface area (Å²) in [4.78, 5) is 15.9. The number of benzene rings is 1. The monoisotopic (exact) mass is 318 g/mol. The molecule has 6 nitrogen and oxygen atoms in total. The first-order valence-corrected chi connectivity index (χ1v) is 7.50. The maximum atomic E-state index is 11.7. The summed E-state index contributed by atoms with van der Waals surface area (Å²) in [6, 6.07) is 6.31. The molecule has 0 amide bonds. The molecule has 2 aromatic rings. The number of nitrogens with zero attached hydrogens (tertiary/aromatic N) is 3. The molecule has 0 fully saturated rings. The highest BCUT2D eigenvalue weighted by atomic mass is 35.5. The zero-order valence-corrected chi connectivity index (χ0v) is 12.7. The van der Waals surface area contributed by atoms with Gasteiger partial charge in [-0.1, -0.05) is 43.1 Å². The quantitative estimate of drug-likeness (QED) is 0.688. The second-order valence-corrected chi connectivity index (χ2v) is 5.66. The van der Waals surface area contributed by atoms with Crippen molar-refractivity contribution < 1.29 is 4.92 Å². The minimum Gasteiger partial charge on any atom is -0.264 e. The van der Waals surface area contributed by atoms with Crippen LogP contribution in [0.2, 0.25) is 5.02 Å². The predicted molar refractivity (Wildman–Crippen MR) is 84.7 cm³/mol. The molecular weight excluding hydrogens is 304 g/mol. The van der Waals surface area contributed by atoms with E-state index in [-0.39, 0.29) is 4.92 Å². The Morgan fingerprint density at radius 3 is 2.82 bits per heavy atom. The van der Waals surface area contributed by atoms with Crippen LogP contribution in [0.3, 0.4) is 0 Å². The summed E-state index contributed by atoms with van der Waals surface area (Å²) in [6.45, 7) is 1.98. The van der Waals surface area contributed by atoms with Crippen molar-refractivity contribution in [2.75, 3.05) is 0 Å². The lowest BCUT2D eigenvalue weighted by Crippen LogP contribution is -2.38. The van der Waals surface area contributed by atoms with E-state index in [1.54, 1.807) is 12.3 Å². The second-order valence-electron chi connectivity index (χ2n) is 5.26. The molecule has 114 valence electrons. The van der Waals surface area contributed by atoms with Crippen LogP contribution < -0.4 is 0 Å². The topological polar surface area (TPSA) is 84.2 Å². The first-order valence-electron chi connectivity index (χ1n) is 7.12. The van der Waals surface area contributed by atoms with Crippen LogP contribution in [0.4, 0.5) is 5.82 Å². The van der Waals surface area contributed by atoms with E-state index >= 15 is 0 Å². The minimum atomic E-state index is -0.912. The summed E-state index contributed by atoms with van der Waals surface area (Å²) < 4.78 is 0. The van der Waals surface area contributed by atoms with Crippen molar-refractivity contribution >= 4 is 23.1 Å². The number of H-pyrrole nitrogens is 1. The Bertz CT molecular complexity index is 741. The number of rotatable bonds is 4. The van der Waals surface area contributed by atoms with Crippen LogP contribution in [0.15, 0.2) is 35.5 Å². The van der Waals surface area contributed by atoms with Gasteiger partial charge in [0.1, 0.15) is 0 Å². The number of aromatic amines is 1. The van der Waals surface area contributed by atoms with Crippen LogP contribution in [0.25, 0.3) is 0 Å². The van der Waals surface area contributed by atoms with Gasteiger partial charge in [-0.2, -0.15) is 5.10 Å². The summed E-state index contributed by atoms with van der Waals surface area (Å²) in [6.07, 6.45) is 2.97. The van der Waals surface area contributed by atoms with Crippen LogP contribution in [-0.4, -0.2) is 26.9 Å². The molecule has 2 unspecified atom stereocenters. The number of hydrogen-bond acceptors (Lipinski definition) is 4. The minimum absolute atomic E-state index is 0.265. The van der Waals surface area contributed by atoms with Gasteiger partial charge in [-0.05, 0) is 18.1 Å². The fourth-order valence-corrected chi connectivity index (χ4v) is 3.20. The molecule has 7 heteroatoms. The zero-order chi connectivity index (χ0) is 15.7. The molecule has 22 heavy (non-hydrogen) atoms. The molecule has 2 heterocycles. The van der Waals surface area contributed by atoms with Gasteiger partial charge >= 0.3 is 0 Å². The van der Waals surface area contributed by atoms with Gasteiger partial charge in [-0.3, -0.25) is 15.2 Å². The van der Waals surface area contributed by atoms with Crippen LogP contribution in [0.5, 0.6) is 0 Å². The zero-order valence-electron chi connectivity index (χ0n) is 12.0. The molecule has 0 aliphatic carbocycles. The van der Waals surface area contributed by atoms with E-state index in [1.165, 1.54) is 0 Å². The standard InChI is InChI=1S/C15H15ClN4O2/c1-2-5-12-14(20(21)22)13(9-6-3-4-7-11(9)16)10-8-17-19-15(10)18-12/h3-4,6-8,13-14H,2,5H2,1H3,(H,17,19). The highest BCUT2D eigenvalue weighted by Crippen LogP contribution is 2.41. The summed E-state index contributed by atoms with van der Waals surface area (Å²) in [5, 5.41) is 19.1. The lowest BCUT2D eigenvalue weighted by Gasteiger charge is -2.26.